The Balaban J connectivity index is 2.07. The van der Waals surface area contributed by atoms with Crippen molar-refractivity contribution in [3.63, 3.8) is 0 Å². The molecule has 1 aromatic rings. The zero-order chi connectivity index (χ0) is 16.2. The molecule has 0 amide bonds. The van der Waals surface area contributed by atoms with E-state index in [4.69, 9.17) is 9.47 Å². The first-order valence-corrected chi connectivity index (χ1v) is 8.48. The molecule has 0 N–H and O–H groups in total. The van der Waals surface area contributed by atoms with E-state index in [9.17, 15) is 4.79 Å². The molecule has 1 atom stereocenters. The molecule has 22 heavy (non-hydrogen) atoms. The molecule has 1 aromatic carbocycles. The molecular formula is C19H28O3. The number of cyclic esters (lactones) is 1. The number of carbonyl (C=O) groups is 1. The van der Waals surface area contributed by atoms with Gasteiger partial charge in [0.25, 0.3) is 0 Å². The van der Waals surface area contributed by atoms with Gasteiger partial charge in [0.05, 0.1) is 0 Å². The van der Waals surface area contributed by atoms with Gasteiger partial charge in [-0.15, -0.1) is 0 Å². The van der Waals surface area contributed by atoms with Crippen LogP contribution in [0.2, 0.25) is 0 Å². The monoisotopic (exact) mass is 304 g/mol. The van der Waals surface area contributed by atoms with Crippen molar-refractivity contribution in [1.29, 1.82) is 0 Å². The summed E-state index contributed by atoms with van der Waals surface area (Å²) in [5, 5.41) is 0. The van der Waals surface area contributed by atoms with E-state index in [0.29, 0.717) is 13.0 Å². The third-order valence-electron chi connectivity index (χ3n) is 5.21. The Bertz CT molecular complexity index is 509. The van der Waals surface area contributed by atoms with Gasteiger partial charge in [-0.3, -0.25) is 4.79 Å². The minimum Gasteiger partial charge on any atom is -0.489 e. The van der Waals surface area contributed by atoms with Gasteiger partial charge in [-0.25, -0.2) is 0 Å². The molecule has 1 aliphatic heterocycles. The lowest BCUT2D eigenvalue weighted by molar-refractivity contribution is -0.142. The van der Waals surface area contributed by atoms with Gasteiger partial charge >= 0.3 is 5.97 Å². The third-order valence-corrected chi connectivity index (χ3v) is 5.21. The summed E-state index contributed by atoms with van der Waals surface area (Å²) in [6.45, 7) is 9.33. The van der Waals surface area contributed by atoms with Crippen LogP contribution in [0.3, 0.4) is 0 Å². The van der Waals surface area contributed by atoms with Crippen LogP contribution >= 0.6 is 0 Å². The van der Waals surface area contributed by atoms with Crippen molar-refractivity contribution in [2.45, 2.75) is 71.3 Å². The highest BCUT2D eigenvalue weighted by Crippen LogP contribution is 2.37. The van der Waals surface area contributed by atoms with Crippen molar-refractivity contribution in [3.8, 4) is 5.75 Å². The fourth-order valence-electron chi connectivity index (χ4n) is 3.39. The molecule has 0 spiro atoms. The largest absolute Gasteiger partial charge is 0.489 e. The number of hydrogen-bond donors (Lipinski definition) is 0. The number of aryl methyl sites for hydroxylation is 1. The fraction of sp³-hybridized carbons (Fsp3) is 0.632. The van der Waals surface area contributed by atoms with E-state index >= 15 is 0 Å². The van der Waals surface area contributed by atoms with Gasteiger partial charge in [-0.05, 0) is 55.2 Å². The van der Waals surface area contributed by atoms with Crippen molar-refractivity contribution in [3.05, 3.63) is 29.3 Å². The minimum absolute atomic E-state index is 0.0902. The van der Waals surface area contributed by atoms with Gasteiger partial charge in [0, 0.05) is 6.42 Å². The SMILES string of the molecule is CCC(CC)(CC)c1ccc(OC[C@@H]2CCC(=O)O2)c(C)c1. The Kier molecular flexibility index (Phi) is 5.49. The van der Waals surface area contributed by atoms with Gasteiger partial charge in [-0.2, -0.15) is 0 Å². The van der Waals surface area contributed by atoms with Gasteiger partial charge in [-0.1, -0.05) is 32.9 Å². The summed E-state index contributed by atoms with van der Waals surface area (Å²) in [5.74, 6) is 0.781. The molecule has 1 saturated heterocycles. The Morgan fingerprint density at radius 1 is 1.23 bits per heavy atom. The zero-order valence-corrected chi connectivity index (χ0v) is 14.3. The molecule has 1 heterocycles. The summed E-state index contributed by atoms with van der Waals surface area (Å²) < 4.78 is 11.0. The number of esters is 1. The number of ether oxygens (including phenoxy) is 2. The number of carbonyl (C=O) groups excluding carboxylic acids is 1. The first kappa shape index (κ1) is 16.9. The summed E-state index contributed by atoms with van der Waals surface area (Å²) in [6.07, 6.45) is 4.64. The second-order valence-electron chi connectivity index (χ2n) is 6.28. The Morgan fingerprint density at radius 2 is 1.91 bits per heavy atom. The van der Waals surface area contributed by atoms with Crippen LogP contribution in [0.15, 0.2) is 18.2 Å². The highest BCUT2D eigenvalue weighted by atomic mass is 16.6. The van der Waals surface area contributed by atoms with Crippen LogP contribution in [0, 0.1) is 6.92 Å². The Morgan fingerprint density at radius 3 is 2.41 bits per heavy atom. The van der Waals surface area contributed by atoms with E-state index in [1.807, 2.05) is 0 Å². The molecule has 0 unspecified atom stereocenters. The normalized spacial score (nSPS) is 18.4. The lowest BCUT2D eigenvalue weighted by Crippen LogP contribution is -2.23. The average molecular weight is 304 g/mol. The van der Waals surface area contributed by atoms with Crippen LogP contribution in [0.1, 0.15) is 64.0 Å². The highest BCUT2D eigenvalue weighted by Gasteiger charge is 2.27. The minimum atomic E-state index is -0.112. The van der Waals surface area contributed by atoms with Crippen LogP contribution in [-0.2, 0) is 14.9 Å². The molecule has 122 valence electrons. The van der Waals surface area contributed by atoms with Crippen molar-refractivity contribution in [2.75, 3.05) is 6.61 Å². The van der Waals surface area contributed by atoms with E-state index in [1.165, 1.54) is 5.56 Å². The lowest BCUT2D eigenvalue weighted by Gasteiger charge is -2.31. The number of benzene rings is 1. The molecular weight excluding hydrogens is 276 g/mol. The maximum atomic E-state index is 11.1. The zero-order valence-electron chi connectivity index (χ0n) is 14.3. The molecule has 0 saturated carbocycles. The van der Waals surface area contributed by atoms with Crippen molar-refractivity contribution in [2.24, 2.45) is 0 Å². The molecule has 3 nitrogen and oxygen atoms in total. The lowest BCUT2D eigenvalue weighted by atomic mass is 9.73. The molecule has 0 aliphatic carbocycles. The molecule has 2 rings (SSSR count). The maximum Gasteiger partial charge on any atom is 0.306 e. The van der Waals surface area contributed by atoms with Crippen molar-refractivity contribution >= 4 is 5.97 Å². The summed E-state index contributed by atoms with van der Waals surface area (Å²) >= 11 is 0. The van der Waals surface area contributed by atoms with Crippen molar-refractivity contribution < 1.29 is 14.3 Å². The summed E-state index contributed by atoms with van der Waals surface area (Å²) in [4.78, 5) is 11.1. The highest BCUT2D eigenvalue weighted by molar-refractivity contribution is 5.71. The number of hydrogen-bond acceptors (Lipinski definition) is 3. The molecule has 1 aliphatic rings. The van der Waals surface area contributed by atoms with E-state index in [0.717, 1.165) is 37.0 Å². The van der Waals surface area contributed by atoms with E-state index in [2.05, 4.69) is 45.9 Å². The standard InChI is InChI=1S/C19H28O3/c1-5-19(6-2,7-3)15-8-10-17(14(4)12-15)21-13-16-9-11-18(20)22-16/h8,10,12,16H,5-7,9,11,13H2,1-4H3/t16-/m0/s1. The molecule has 0 aromatic heterocycles. The van der Waals surface area contributed by atoms with E-state index in [1.54, 1.807) is 0 Å². The second-order valence-corrected chi connectivity index (χ2v) is 6.28. The van der Waals surface area contributed by atoms with Crippen LogP contribution in [0.4, 0.5) is 0 Å². The van der Waals surface area contributed by atoms with Gasteiger partial charge in [0.2, 0.25) is 0 Å². The predicted molar refractivity (Wildman–Crippen MR) is 88.3 cm³/mol. The number of rotatable bonds is 7. The van der Waals surface area contributed by atoms with Crippen LogP contribution < -0.4 is 4.74 Å². The quantitative estimate of drug-likeness (QED) is 0.693. The summed E-state index contributed by atoms with van der Waals surface area (Å²) in [6, 6.07) is 6.52. The first-order chi connectivity index (χ1) is 10.5. The maximum absolute atomic E-state index is 11.1. The van der Waals surface area contributed by atoms with Crippen LogP contribution in [0.25, 0.3) is 0 Å². The molecule has 0 radical (unpaired) electrons. The van der Waals surface area contributed by atoms with Crippen LogP contribution in [0.5, 0.6) is 5.75 Å². The fourth-order valence-corrected chi connectivity index (χ4v) is 3.39. The van der Waals surface area contributed by atoms with Crippen molar-refractivity contribution in [1.82, 2.24) is 0 Å². The average Bonchev–Trinajstić information content (AvgIpc) is 2.94. The van der Waals surface area contributed by atoms with E-state index in [-0.39, 0.29) is 17.5 Å². The van der Waals surface area contributed by atoms with E-state index < -0.39 is 0 Å². The van der Waals surface area contributed by atoms with Gasteiger partial charge in [0.1, 0.15) is 18.5 Å². The molecule has 0 bridgehead atoms. The molecule has 1 fully saturated rings. The first-order valence-electron chi connectivity index (χ1n) is 8.48. The second kappa shape index (κ2) is 7.17. The Labute approximate surface area is 134 Å². The Hall–Kier alpha value is -1.51. The summed E-state index contributed by atoms with van der Waals surface area (Å²) in [5.41, 5.74) is 2.82. The predicted octanol–water partition coefficient (Wildman–Crippen LogP) is 4.55. The van der Waals surface area contributed by atoms with Crippen LogP contribution in [-0.4, -0.2) is 18.7 Å². The smallest absolute Gasteiger partial charge is 0.306 e. The third kappa shape index (κ3) is 3.45. The summed E-state index contributed by atoms with van der Waals surface area (Å²) in [7, 11) is 0. The van der Waals surface area contributed by atoms with Gasteiger partial charge in [0.15, 0.2) is 0 Å². The topological polar surface area (TPSA) is 35.5 Å². The van der Waals surface area contributed by atoms with Gasteiger partial charge < -0.3 is 9.47 Å². The molecule has 3 heteroatoms.